The van der Waals surface area contributed by atoms with Crippen LogP contribution in [-0.4, -0.2) is 63.3 Å². The molecule has 17 nitrogen and oxygen atoms in total. The number of carbonyl (C=O) groups is 1. The van der Waals surface area contributed by atoms with E-state index in [1.165, 1.54) is 23.0 Å². The van der Waals surface area contributed by atoms with Crippen LogP contribution < -0.4 is 19.0 Å². The van der Waals surface area contributed by atoms with Crippen molar-refractivity contribution in [2.75, 3.05) is 26.8 Å². The van der Waals surface area contributed by atoms with Crippen LogP contribution in [0.5, 0.6) is 28.7 Å². The van der Waals surface area contributed by atoms with Crippen molar-refractivity contribution < 1.29 is 38.7 Å². The minimum atomic E-state index is -0.876. The van der Waals surface area contributed by atoms with Gasteiger partial charge < -0.3 is 19.4 Å². The molecule has 0 spiro atoms. The summed E-state index contributed by atoms with van der Waals surface area (Å²) >= 11 is 0. The second-order valence-electron chi connectivity index (χ2n) is 12.3. The molecular formula is C35H41N7O10. The van der Waals surface area contributed by atoms with E-state index in [-0.39, 0.29) is 22.4 Å². The second kappa shape index (κ2) is 17.3. The highest BCUT2D eigenvalue weighted by atomic mass is 16.7. The fraction of sp³-hybridized carbons (Fsp3) is 0.429. The fourth-order valence-corrected chi connectivity index (χ4v) is 5.98. The van der Waals surface area contributed by atoms with Gasteiger partial charge in [0.15, 0.2) is 11.5 Å². The number of benzene rings is 3. The van der Waals surface area contributed by atoms with Gasteiger partial charge in [-0.1, -0.05) is 44.4 Å². The highest BCUT2D eigenvalue weighted by Crippen LogP contribution is 2.42. The Hall–Kier alpha value is -6.00. The lowest BCUT2D eigenvalue weighted by Crippen LogP contribution is -2.35. The molecule has 17 heteroatoms. The number of methoxy groups -OCH3 is 1. The van der Waals surface area contributed by atoms with Gasteiger partial charge in [-0.15, -0.1) is 5.01 Å². The lowest BCUT2D eigenvalue weighted by Gasteiger charge is -2.21. The number of carbonyl (C=O) groups excluding carboxylic acids is 1. The number of rotatable bonds is 16. The summed E-state index contributed by atoms with van der Waals surface area (Å²) in [5.41, 5.74) is 0.429. The summed E-state index contributed by atoms with van der Waals surface area (Å²) in [5, 5.41) is 47.1. The number of hydrogen-bond acceptors (Lipinski definition) is 12. The van der Waals surface area contributed by atoms with Crippen LogP contribution in [0.3, 0.4) is 0 Å². The molecule has 0 aliphatic carbocycles. The van der Waals surface area contributed by atoms with Crippen LogP contribution in [0.15, 0.2) is 65.0 Å². The number of hydrogen-bond donors (Lipinski definition) is 0. The van der Waals surface area contributed by atoms with E-state index in [1.54, 1.807) is 25.3 Å². The number of hydrazone groups is 1. The van der Waals surface area contributed by atoms with Gasteiger partial charge in [-0.3, -0.25) is 29.9 Å². The van der Waals surface area contributed by atoms with Gasteiger partial charge >= 0.3 is 11.4 Å². The number of nitrogens with zero attached hydrogens (tertiary/aromatic N) is 7. The van der Waals surface area contributed by atoms with Crippen LogP contribution in [0, 0.1) is 25.4 Å². The molecule has 2 aliphatic heterocycles. The van der Waals surface area contributed by atoms with Gasteiger partial charge in [0.05, 0.1) is 53.4 Å². The molecule has 276 valence electrons. The first-order valence-electron chi connectivity index (χ1n) is 17.1. The number of ether oxygens (including phenoxy) is 3. The zero-order chi connectivity index (χ0) is 37.2. The van der Waals surface area contributed by atoms with Crippen molar-refractivity contribution in [3.63, 3.8) is 0 Å². The number of piperidine rings is 1. The van der Waals surface area contributed by atoms with E-state index < -0.39 is 33.0 Å². The molecule has 2 heterocycles. The predicted molar refractivity (Wildman–Crippen MR) is 187 cm³/mol. The highest BCUT2D eigenvalue weighted by Gasteiger charge is 2.33. The summed E-state index contributed by atoms with van der Waals surface area (Å²) in [7, 11) is 1.56. The van der Waals surface area contributed by atoms with E-state index in [1.807, 2.05) is 18.2 Å². The first kappa shape index (κ1) is 37.3. The third kappa shape index (κ3) is 9.01. The van der Waals surface area contributed by atoms with Crippen LogP contribution >= 0.6 is 0 Å². The minimum Gasteiger partial charge on any atom is -0.569 e. The molecule has 0 radical (unpaired) electrons. The average Bonchev–Trinajstić information content (AvgIpc) is 3.60. The van der Waals surface area contributed by atoms with Gasteiger partial charge in [0, 0.05) is 25.0 Å². The maximum atomic E-state index is 12.7. The maximum absolute atomic E-state index is 12.7. The van der Waals surface area contributed by atoms with Gasteiger partial charge in [-0.05, 0) is 55.5 Å². The predicted octanol–water partition coefficient (Wildman–Crippen LogP) is 7.62. The monoisotopic (exact) mass is 719 g/mol. The Kier molecular flexibility index (Phi) is 12.4. The van der Waals surface area contributed by atoms with E-state index in [2.05, 4.69) is 17.3 Å². The molecule has 52 heavy (non-hydrogen) atoms. The lowest BCUT2D eigenvalue weighted by molar-refractivity contribution is -0.708. The average molecular weight is 720 g/mol. The van der Waals surface area contributed by atoms with E-state index in [0.717, 1.165) is 56.6 Å². The van der Waals surface area contributed by atoms with Gasteiger partial charge in [0.25, 0.3) is 0 Å². The smallest absolute Gasteiger partial charge is 0.321 e. The Labute approximate surface area is 299 Å². The second-order valence-corrected chi connectivity index (χ2v) is 12.3. The quantitative estimate of drug-likeness (QED) is 0.0464. The third-order valence-electron chi connectivity index (χ3n) is 8.67. The van der Waals surface area contributed by atoms with Gasteiger partial charge in [-0.2, -0.15) is 5.10 Å². The topological polar surface area (TPSA) is 198 Å². The standard InChI is InChI=1S/C35H41N7O10/c1-4-5-6-10-18-50-32-15-14-26(20-35(32)49-3)29-21-28(36-39(29)24(2)43)25-12-11-13-27(19-25)51-33-23-34(31(41(46)47)22-30(33)40(44)45)52-37-42(48)38-16-8-7-9-17-38/h11-15,19-20,22-23,29H,4-10,16-18,21H2,1-3H3/b42-37-. The molecule has 0 saturated carbocycles. The summed E-state index contributed by atoms with van der Waals surface area (Å²) in [4.78, 5) is 40.2. The molecule has 1 unspecified atom stereocenters. The lowest BCUT2D eigenvalue weighted by atomic mass is 9.98. The summed E-state index contributed by atoms with van der Waals surface area (Å²) in [6.45, 7) is 5.01. The van der Waals surface area contributed by atoms with Crippen LogP contribution in [0.25, 0.3) is 0 Å². The molecule has 1 fully saturated rings. The fourth-order valence-electron chi connectivity index (χ4n) is 5.98. The van der Waals surface area contributed by atoms with Crippen molar-refractivity contribution >= 4 is 23.0 Å². The number of unbranched alkanes of at least 4 members (excludes halogenated alkanes) is 3. The molecule has 1 amide bonds. The summed E-state index contributed by atoms with van der Waals surface area (Å²) in [5.74, 6) is 0.0946. The normalized spacial score (nSPS) is 15.9. The summed E-state index contributed by atoms with van der Waals surface area (Å²) in [6.07, 6.45) is 7.14. The molecule has 0 aromatic heterocycles. The minimum absolute atomic E-state index is 0.138. The maximum Gasteiger partial charge on any atom is 0.321 e. The Balaban J connectivity index is 1.38. The van der Waals surface area contributed by atoms with Gasteiger partial charge in [0.2, 0.25) is 22.7 Å². The SMILES string of the molecule is CCCCCCOc1ccc(C2CC(c3cccc(Oc4cc(O/N=[N+](\[O-])N5CCCCC5)c([N+](=O)[O-])cc4[N+](=O)[O-])c3)=NN2C(C)=O)cc1OC. The van der Waals surface area contributed by atoms with E-state index in [4.69, 9.17) is 19.0 Å². The van der Waals surface area contributed by atoms with Crippen LogP contribution in [0.2, 0.25) is 0 Å². The van der Waals surface area contributed by atoms with Crippen molar-refractivity contribution in [2.45, 2.75) is 71.3 Å². The Bertz CT molecular complexity index is 1840. The molecule has 3 aromatic carbocycles. The first-order chi connectivity index (χ1) is 25.1. The zero-order valence-electron chi connectivity index (χ0n) is 29.3. The van der Waals surface area contributed by atoms with Crippen LogP contribution in [0.1, 0.15) is 82.4 Å². The number of nitro benzene ring substituents is 2. The molecule has 3 aromatic rings. The van der Waals surface area contributed by atoms with E-state index in [0.29, 0.717) is 55.0 Å². The van der Waals surface area contributed by atoms with Crippen molar-refractivity contribution in [1.82, 2.24) is 10.0 Å². The van der Waals surface area contributed by atoms with E-state index in [9.17, 15) is 30.2 Å². The van der Waals surface area contributed by atoms with Crippen molar-refractivity contribution in [3.8, 4) is 28.7 Å². The molecule has 0 N–H and O–H groups in total. The summed E-state index contributed by atoms with van der Waals surface area (Å²) < 4.78 is 17.5. The largest absolute Gasteiger partial charge is 0.569 e. The molecular weight excluding hydrogens is 678 g/mol. The van der Waals surface area contributed by atoms with Gasteiger partial charge in [-0.25, -0.2) is 5.01 Å². The Morgan fingerprint density at radius 3 is 2.35 bits per heavy atom. The van der Waals surface area contributed by atoms with Crippen molar-refractivity contribution in [2.24, 2.45) is 10.4 Å². The first-order valence-corrected chi connectivity index (χ1v) is 17.1. The Morgan fingerprint density at radius 2 is 1.65 bits per heavy atom. The summed E-state index contributed by atoms with van der Waals surface area (Å²) in [6, 6.07) is 13.2. The third-order valence-corrected chi connectivity index (χ3v) is 8.67. The molecule has 1 saturated heterocycles. The number of hydrazine groups is 1. The van der Waals surface area contributed by atoms with E-state index >= 15 is 0 Å². The number of amides is 1. The number of nitro groups is 2. The van der Waals surface area contributed by atoms with Crippen LogP contribution in [-0.2, 0) is 4.79 Å². The highest BCUT2D eigenvalue weighted by molar-refractivity contribution is 6.03. The Morgan fingerprint density at radius 1 is 0.904 bits per heavy atom. The van der Waals surface area contributed by atoms with Crippen molar-refractivity contribution in [1.29, 1.82) is 0 Å². The van der Waals surface area contributed by atoms with Crippen molar-refractivity contribution in [3.05, 3.63) is 91.2 Å². The van der Waals surface area contributed by atoms with Crippen LogP contribution in [0.4, 0.5) is 11.4 Å². The molecule has 5 rings (SSSR count). The zero-order valence-corrected chi connectivity index (χ0v) is 29.3. The molecule has 0 bridgehead atoms. The molecule has 1 atom stereocenters. The van der Waals surface area contributed by atoms with Gasteiger partial charge in [0.1, 0.15) is 11.8 Å². The molecule has 2 aliphatic rings.